The van der Waals surface area contributed by atoms with E-state index in [1.54, 1.807) is 24.3 Å². The van der Waals surface area contributed by atoms with Crippen LogP contribution in [0.3, 0.4) is 0 Å². The van der Waals surface area contributed by atoms with Gasteiger partial charge in [-0.3, -0.25) is 0 Å². The van der Waals surface area contributed by atoms with Crippen LogP contribution in [0, 0.1) is 0 Å². The zero-order valence-electron chi connectivity index (χ0n) is 15.6. The number of hydrogen-bond acceptors (Lipinski definition) is 6. The third kappa shape index (κ3) is 4.29. The number of alkyl halides is 3. The highest BCUT2D eigenvalue weighted by atomic mass is 32.2. The summed E-state index contributed by atoms with van der Waals surface area (Å²) in [6.07, 6.45) is -3.95. The van der Waals surface area contributed by atoms with Crippen LogP contribution < -0.4 is 4.90 Å². The summed E-state index contributed by atoms with van der Waals surface area (Å²) in [6, 6.07) is 12.0. The van der Waals surface area contributed by atoms with Crippen molar-refractivity contribution in [2.45, 2.75) is 23.4 Å². The predicted molar refractivity (Wildman–Crippen MR) is 102 cm³/mol. The Morgan fingerprint density at radius 3 is 2.41 bits per heavy atom. The highest BCUT2D eigenvalue weighted by Crippen LogP contribution is 2.39. The second-order valence-electron chi connectivity index (χ2n) is 6.74. The van der Waals surface area contributed by atoms with E-state index in [0.717, 1.165) is 11.8 Å². The number of hydrogen-bond donors (Lipinski definition) is 1. The van der Waals surface area contributed by atoms with E-state index in [0.29, 0.717) is 5.56 Å². The Balaban J connectivity index is 2.08. The molecule has 3 rings (SSSR count). The lowest BCUT2D eigenvalue weighted by Gasteiger charge is -2.25. The summed E-state index contributed by atoms with van der Waals surface area (Å²) in [4.78, 5) is 4.85. The predicted octanol–water partition coefficient (Wildman–Crippen LogP) is 2.75. The van der Waals surface area contributed by atoms with E-state index in [1.807, 2.05) is 0 Å². The second kappa shape index (κ2) is 7.43. The molecule has 156 valence electrons. The van der Waals surface area contributed by atoms with Crippen LogP contribution in [0.15, 0.2) is 58.4 Å². The number of β-amino-alcohol motifs (C(OH)–C–C–N with tert-alkyl or cyclic N) is 1. The molecule has 1 aliphatic heterocycles. The fraction of sp³-hybridized carbons (Fsp3) is 0.316. The lowest BCUT2D eigenvalue weighted by Crippen LogP contribution is -2.47. The summed E-state index contributed by atoms with van der Waals surface area (Å²) in [7, 11) is -1.96. The Bertz CT molecular complexity index is 1040. The molecule has 10 heteroatoms. The Labute approximate surface area is 166 Å². The summed E-state index contributed by atoms with van der Waals surface area (Å²) >= 11 is 0. The van der Waals surface area contributed by atoms with Gasteiger partial charge in [0.25, 0.3) is 5.72 Å². The number of ether oxygens (including phenoxy) is 1. The highest BCUT2D eigenvalue weighted by molar-refractivity contribution is 7.90. The van der Waals surface area contributed by atoms with E-state index in [-0.39, 0.29) is 23.0 Å². The molecule has 0 amide bonds. The van der Waals surface area contributed by atoms with E-state index in [4.69, 9.17) is 4.74 Å². The van der Waals surface area contributed by atoms with Crippen molar-refractivity contribution in [1.82, 2.24) is 0 Å². The van der Waals surface area contributed by atoms with E-state index in [2.05, 4.69) is 4.99 Å². The van der Waals surface area contributed by atoms with Crippen molar-refractivity contribution in [2.75, 3.05) is 24.8 Å². The van der Waals surface area contributed by atoms with Gasteiger partial charge in [-0.25, -0.2) is 13.4 Å². The molecule has 0 bridgehead atoms. The third-order valence-electron chi connectivity index (χ3n) is 4.45. The van der Waals surface area contributed by atoms with Crippen LogP contribution in [0.1, 0.15) is 11.1 Å². The number of anilines is 1. The van der Waals surface area contributed by atoms with Crippen molar-refractivity contribution in [3.05, 3.63) is 59.7 Å². The monoisotopic (exact) mass is 428 g/mol. The molecule has 0 fully saturated rings. The van der Waals surface area contributed by atoms with Gasteiger partial charge in [0.05, 0.1) is 18.0 Å². The minimum atomic E-state index is -4.98. The summed E-state index contributed by atoms with van der Waals surface area (Å²) in [5.41, 5.74) is -1.92. The van der Waals surface area contributed by atoms with Crippen LogP contribution in [0.2, 0.25) is 0 Å². The standard InChI is InChI=1S/C19H19F3N2O4S/c1-28-11-13-4-3-5-14(10-13)17-23-18(25,19(20,21)22)12-24(17)15-6-8-16(9-7-15)29(2,26)27/h3-10,25H,11-12H2,1-2H3. The number of benzene rings is 2. The normalized spacial score (nSPS) is 20.1. The maximum atomic E-state index is 13.5. The number of aliphatic hydroxyl groups is 1. The number of methoxy groups -OCH3 is 1. The molecule has 1 heterocycles. The van der Waals surface area contributed by atoms with Gasteiger partial charge < -0.3 is 14.7 Å². The summed E-state index contributed by atoms with van der Waals surface area (Å²) in [5.74, 6) is -0.0742. The topological polar surface area (TPSA) is 79.2 Å². The molecule has 1 atom stereocenters. The first-order valence-electron chi connectivity index (χ1n) is 8.49. The van der Waals surface area contributed by atoms with Crippen molar-refractivity contribution in [1.29, 1.82) is 0 Å². The second-order valence-corrected chi connectivity index (χ2v) is 8.75. The van der Waals surface area contributed by atoms with Crippen LogP contribution in [-0.4, -0.2) is 51.2 Å². The van der Waals surface area contributed by atoms with Gasteiger partial charge in [-0.1, -0.05) is 18.2 Å². The van der Waals surface area contributed by atoms with Gasteiger partial charge in [-0.2, -0.15) is 13.2 Å². The van der Waals surface area contributed by atoms with Gasteiger partial charge in [-0.05, 0) is 35.9 Å². The molecule has 2 aromatic carbocycles. The lowest BCUT2D eigenvalue weighted by molar-refractivity contribution is -0.249. The lowest BCUT2D eigenvalue weighted by atomic mass is 10.1. The van der Waals surface area contributed by atoms with Gasteiger partial charge in [-0.15, -0.1) is 0 Å². The van der Waals surface area contributed by atoms with Crippen molar-refractivity contribution in [3.63, 3.8) is 0 Å². The molecule has 1 aliphatic rings. The number of nitrogens with zero attached hydrogens (tertiary/aromatic N) is 2. The van der Waals surface area contributed by atoms with E-state index in [9.17, 15) is 26.7 Å². The molecule has 0 saturated heterocycles. The van der Waals surface area contributed by atoms with Crippen LogP contribution in [-0.2, 0) is 21.2 Å². The highest BCUT2D eigenvalue weighted by Gasteiger charge is 2.58. The van der Waals surface area contributed by atoms with Gasteiger partial charge in [0.15, 0.2) is 9.84 Å². The Kier molecular flexibility index (Phi) is 5.46. The number of rotatable bonds is 5. The molecular weight excluding hydrogens is 409 g/mol. The summed E-state index contributed by atoms with van der Waals surface area (Å²) < 4.78 is 68.7. The van der Waals surface area contributed by atoms with Crippen LogP contribution in [0.5, 0.6) is 0 Å². The Morgan fingerprint density at radius 2 is 1.86 bits per heavy atom. The van der Waals surface area contributed by atoms with Gasteiger partial charge in [0.2, 0.25) is 0 Å². The largest absolute Gasteiger partial charge is 0.440 e. The number of halogens is 3. The number of amidine groups is 1. The fourth-order valence-electron chi connectivity index (χ4n) is 2.99. The van der Waals surface area contributed by atoms with Crippen LogP contribution >= 0.6 is 0 Å². The molecule has 0 spiro atoms. The van der Waals surface area contributed by atoms with Crippen molar-refractivity contribution in [2.24, 2.45) is 4.99 Å². The van der Waals surface area contributed by atoms with Gasteiger partial charge in [0.1, 0.15) is 5.84 Å². The molecule has 29 heavy (non-hydrogen) atoms. The smallest absolute Gasteiger partial charge is 0.380 e. The maximum absolute atomic E-state index is 13.5. The fourth-order valence-corrected chi connectivity index (χ4v) is 3.62. The minimum Gasteiger partial charge on any atom is -0.380 e. The molecule has 1 unspecified atom stereocenters. The zero-order valence-corrected chi connectivity index (χ0v) is 16.5. The van der Waals surface area contributed by atoms with Crippen molar-refractivity contribution < 1.29 is 31.4 Å². The minimum absolute atomic E-state index is 0.0344. The Morgan fingerprint density at radius 1 is 1.21 bits per heavy atom. The van der Waals surface area contributed by atoms with E-state index in [1.165, 1.54) is 36.3 Å². The Hall–Kier alpha value is -2.43. The van der Waals surface area contributed by atoms with E-state index >= 15 is 0 Å². The first-order valence-corrected chi connectivity index (χ1v) is 10.4. The quantitative estimate of drug-likeness (QED) is 0.792. The molecule has 0 aliphatic carbocycles. The van der Waals surface area contributed by atoms with E-state index < -0.39 is 28.3 Å². The SMILES string of the molecule is COCc1cccc(C2=NC(O)(C(F)(F)F)CN2c2ccc(S(C)(=O)=O)cc2)c1. The molecule has 0 saturated carbocycles. The first-order chi connectivity index (χ1) is 13.4. The summed E-state index contributed by atoms with van der Waals surface area (Å²) in [5, 5.41) is 10.2. The van der Waals surface area contributed by atoms with Gasteiger partial charge in [0, 0.05) is 24.6 Å². The maximum Gasteiger partial charge on any atom is 0.440 e. The molecule has 6 nitrogen and oxygen atoms in total. The zero-order chi connectivity index (χ0) is 21.4. The first kappa shape index (κ1) is 21.3. The number of sulfone groups is 1. The number of aliphatic imine (C=N–C) groups is 1. The molecular formula is C19H19F3N2O4S. The van der Waals surface area contributed by atoms with Crippen LogP contribution in [0.4, 0.5) is 18.9 Å². The average Bonchev–Trinajstić information content (AvgIpc) is 3.01. The molecule has 0 radical (unpaired) electrons. The third-order valence-corrected chi connectivity index (χ3v) is 5.58. The molecule has 0 aromatic heterocycles. The van der Waals surface area contributed by atoms with Crippen molar-refractivity contribution >= 4 is 21.4 Å². The molecule has 1 N–H and O–H groups in total. The molecule has 2 aromatic rings. The van der Waals surface area contributed by atoms with Gasteiger partial charge >= 0.3 is 6.18 Å². The van der Waals surface area contributed by atoms with Crippen molar-refractivity contribution in [3.8, 4) is 0 Å². The summed E-state index contributed by atoms with van der Waals surface area (Å²) in [6.45, 7) is -0.591. The average molecular weight is 428 g/mol. The van der Waals surface area contributed by atoms with Crippen LogP contribution in [0.25, 0.3) is 0 Å².